The maximum Gasteiger partial charge on any atom is 0.125 e. The summed E-state index contributed by atoms with van der Waals surface area (Å²) >= 11 is 11.1. The molecular weight excluding hydrogens is 268 g/mol. The van der Waals surface area contributed by atoms with Crippen molar-refractivity contribution in [3.63, 3.8) is 0 Å². The van der Waals surface area contributed by atoms with Crippen LogP contribution in [-0.2, 0) is 0 Å². The van der Waals surface area contributed by atoms with Crippen LogP contribution < -0.4 is 0 Å². The van der Waals surface area contributed by atoms with Gasteiger partial charge in [-0.25, -0.2) is 0 Å². The lowest BCUT2D eigenvalue weighted by Gasteiger charge is -2.15. The predicted octanol–water partition coefficient (Wildman–Crippen LogP) is 4.51. The first-order valence-corrected chi connectivity index (χ1v) is 7.36. The quantitative estimate of drug-likeness (QED) is 0.485. The van der Waals surface area contributed by atoms with Crippen molar-refractivity contribution in [1.29, 1.82) is 0 Å². The summed E-state index contributed by atoms with van der Waals surface area (Å²) in [5.41, 5.74) is 3.08. The van der Waals surface area contributed by atoms with Gasteiger partial charge in [-0.3, -0.25) is 0 Å². The molecule has 17 heavy (non-hydrogen) atoms. The van der Waals surface area contributed by atoms with Crippen LogP contribution in [0.2, 0.25) is 0 Å². The fourth-order valence-corrected chi connectivity index (χ4v) is 3.44. The molecule has 4 heteroatoms. The minimum absolute atomic E-state index is 0.130. The highest BCUT2D eigenvalue weighted by molar-refractivity contribution is 8.28. The largest absolute Gasteiger partial charge is 0.507 e. The zero-order valence-electron chi connectivity index (χ0n) is 10.5. The van der Waals surface area contributed by atoms with Crippen molar-refractivity contribution >= 4 is 40.8 Å². The smallest absolute Gasteiger partial charge is 0.125 e. The first-order chi connectivity index (χ1) is 7.82. The summed E-state index contributed by atoms with van der Waals surface area (Å²) in [5.74, 6) is 0.689. The average Bonchev–Trinajstić information content (AvgIpc) is 2.15. The van der Waals surface area contributed by atoms with Crippen LogP contribution in [0, 0.1) is 6.92 Å². The number of thioether (sulfide) groups is 1. The van der Waals surface area contributed by atoms with Crippen LogP contribution in [-0.4, -0.2) is 13.9 Å². The Bertz CT molecular complexity index is 425. The van der Waals surface area contributed by atoms with E-state index in [1.165, 1.54) is 17.3 Å². The Labute approximate surface area is 118 Å². The molecule has 1 nitrogen and oxygen atoms in total. The molecule has 1 aromatic rings. The van der Waals surface area contributed by atoms with Gasteiger partial charge in [0.25, 0.3) is 0 Å². The molecule has 1 unspecified atom stereocenters. The number of thiol groups is 1. The lowest BCUT2D eigenvalue weighted by molar-refractivity contribution is 0.473. The number of benzene rings is 1. The van der Waals surface area contributed by atoms with Crippen LogP contribution in [0.3, 0.4) is 0 Å². The molecule has 94 valence electrons. The third-order valence-electron chi connectivity index (χ3n) is 2.50. The van der Waals surface area contributed by atoms with E-state index in [2.05, 4.69) is 26.5 Å². The molecule has 0 bridgehead atoms. The second kappa shape index (κ2) is 6.12. The number of phenolic OH excluding ortho intramolecular Hbond substituents is 1. The van der Waals surface area contributed by atoms with Crippen molar-refractivity contribution in [3.05, 3.63) is 28.8 Å². The Morgan fingerprint density at radius 2 is 1.94 bits per heavy atom. The van der Waals surface area contributed by atoms with E-state index >= 15 is 0 Å². The predicted molar refractivity (Wildman–Crippen MR) is 84.7 cm³/mol. The first-order valence-electron chi connectivity index (χ1n) is 5.55. The third kappa shape index (κ3) is 3.90. The number of hydrogen-bond acceptors (Lipinski definition) is 4. The molecule has 0 spiro atoms. The zero-order valence-corrected chi connectivity index (χ0v) is 13.0. The molecular formula is C13H18OS3. The van der Waals surface area contributed by atoms with Gasteiger partial charge in [-0.15, -0.1) is 11.8 Å². The van der Waals surface area contributed by atoms with Crippen molar-refractivity contribution in [2.24, 2.45) is 0 Å². The molecule has 1 N–H and O–H groups in total. The minimum atomic E-state index is 0.130. The van der Waals surface area contributed by atoms with Gasteiger partial charge in [-0.05, 0) is 43.0 Å². The van der Waals surface area contributed by atoms with Gasteiger partial charge >= 0.3 is 0 Å². The topological polar surface area (TPSA) is 20.2 Å². The monoisotopic (exact) mass is 286 g/mol. The van der Waals surface area contributed by atoms with Gasteiger partial charge in [-0.2, -0.15) is 12.6 Å². The summed E-state index contributed by atoms with van der Waals surface area (Å²) < 4.78 is 0.831. The fraction of sp³-hybridized carbons (Fsp3) is 0.462. The lowest BCUT2D eigenvalue weighted by Crippen LogP contribution is -2.01. The van der Waals surface area contributed by atoms with Crippen molar-refractivity contribution in [2.45, 2.75) is 38.2 Å². The molecule has 1 atom stereocenters. The van der Waals surface area contributed by atoms with E-state index in [9.17, 15) is 5.11 Å². The van der Waals surface area contributed by atoms with Gasteiger partial charge in [0.05, 0.1) is 4.20 Å². The molecule has 0 saturated carbocycles. The highest BCUT2D eigenvalue weighted by atomic mass is 32.2. The fourth-order valence-electron chi connectivity index (χ4n) is 1.71. The van der Waals surface area contributed by atoms with Crippen LogP contribution in [0.1, 0.15) is 43.4 Å². The Morgan fingerprint density at radius 3 is 2.41 bits per heavy atom. The standard InChI is InChI=1S/C13H18OS3/c1-7(2)10-6-11(12(14)5-8(10)3)13(16)17-9(4)15/h5-7,9,14-15H,1-4H3. The molecule has 0 fully saturated rings. The van der Waals surface area contributed by atoms with E-state index in [0.29, 0.717) is 10.1 Å². The van der Waals surface area contributed by atoms with E-state index in [-0.39, 0.29) is 10.3 Å². The summed E-state index contributed by atoms with van der Waals surface area (Å²) in [5, 5.41) is 9.96. The molecule has 0 amide bonds. The normalized spacial score (nSPS) is 12.8. The van der Waals surface area contributed by atoms with Gasteiger partial charge in [-0.1, -0.05) is 26.1 Å². The number of hydrogen-bond donors (Lipinski definition) is 2. The SMILES string of the molecule is Cc1cc(O)c(C(=S)SC(C)S)cc1C(C)C. The van der Waals surface area contributed by atoms with Crippen LogP contribution >= 0.6 is 36.6 Å². The Kier molecular flexibility index (Phi) is 5.35. The minimum Gasteiger partial charge on any atom is -0.507 e. The Morgan fingerprint density at radius 1 is 1.35 bits per heavy atom. The van der Waals surface area contributed by atoms with Crippen LogP contribution in [0.4, 0.5) is 0 Å². The highest BCUT2D eigenvalue weighted by Gasteiger charge is 2.14. The lowest BCUT2D eigenvalue weighted by atomic mass is 9.95. The second-order valence-corrected chi connectivity index (χ2v) is 7.53. The van der Waals surface area contributed by atoms with Crippen LogP contribution in [0.15, 0.2) is 12.1 Å². The van der Waals surface area contributed by atoms with Crippen molar-refractivity contribution in [3.8, 4) is 5.75 Å². The Balaban J connectivity index is 3.16. The van der Waals surface area contributed by atoms with E-state index in [4.69, 9.17) is 12.2 Å². The van der Waals surface area contributed by atoms with E-state index in [0.717, 1.165) is 11.1 Å². The van der Waals surface area contributed by atoms with Gasteiger partial charge in [0.15, 0.2) is 0 Å². The van der Waals surface area contributed by atoms with Crippen molar-refractivity contribution in [2.75, 3.05) is 0 Å². The summed E-state index contributed by atoms with van der Waals surface area (Å²) in [4.78, 5) is 0. The number of aryl methyl sites for hydroxylation is 1. The van der Waals surface area contributed by atoms with E-state index in [1.54, 1.807) is 6.07 Å². The molecule has 0 aromatic heterocycles. The van der Waals surface area contributed by atoms with Crippen molar-refractivity contribution in [1.82, 2.24) is 0 Å². The molecule has 0 aliphatic rings. The number of phenols is 1. The molecule has 0 saturated heterocycles. The maximum absolute atomic E-state index is 9.96. The summed E-state index contributed by atoms with van der Waals surface area (Å²) in [6, 6.07) is 3.79. The van der Waals surface area contributed by atoms with E-state index in [1.807, 2.05) is 19.9 Å². The van der Waals surface area contributed by atoms with Gasteiger partial charge in [0.1, 0.15) is 5.75 Å². The third-order valence-corrected chi connectivity index (χ3v) is 4.10. The zero-order chi connectivity index (χ0) is 13.2. The summed E-state index contributed by atoms with van der Waals surface area (Å²) in [6.07, 6.45) is 0. The molecule has 0 aliphatic heterocycles. The second-order valence-electron chi connectivity index (χ2n) is 4.39. The van der Waals surface area contributed by atoms with Crippen LogP contribution in [0.5, 0.6) is 5.75 Å². The van der Waals surface area contributed by atoms with Gasteiger partial charge < -0.3 is 5.11 Å². The number of thiocarbonyl (C=S) groups is 1. The van der Waals surface area contributed by atoms with E-state index < -0.39 is 0 Å². The summed E-state index contributed by atoms with van der Waals surface area (Å²) in [6.45, 7) is 8.26. The number of rotatable bonds is 3. The summed E-state index contributed by atoms with van der Waals surface area (Å²) in [7, 11) is 0. The maximum atomic E-state index is 9.96. The molecule has 1 rings (SSSR count). The molecule has 0 aliphatic carbocycles. The Hall–Kier alpha value is -0.190. The average molecular weight is 286 g/mol. The number of aromatic hydroxyl groups is 1. The molecule has 1 aromatic carbocycles. The van der Waals surface area contributed by atoms with Crippen molar-refractivity contribution < 1.29 is 5.11 Å². The molecule has 0 heterocycles. The first kappa shape index (κ1) is 14.9. The van der Waals surface area contributed by atoms with Gasteiger partial charge in [0.2, 0.25) is 0 Å². The van der Waals surface area contributed by atoms with Gasteiger partial charge in [0, 0.05) is 10.1 Å². The molecule has 0 radical (unpaired) electrons. The van der Waals surface area contributed by atoms with Crippen LogP contribution in [0.25, 0.3) is 0 Å². The highest BCUT2D eigenvalue weighted by Crippen LogP contribution is 2.31.